The highest BCUT2D eigenvalue weighted by atomic mass is 35.5. The number of aromatic nitrogens is 1. The van der Waals surface area contributed by atoms with Crippen LogP contribution in [0.1, 0.15) is 30.1 Å². The second-order valence-corrected chi connectivity index (χ2v) is 5.35. The number of benzene rings is 1. The molecule has 3 heteroatoms. The fourth-order valence-corrected chi connectivity index (χ4v) is 3.38. The highest BCUT2D eigenvalue weighted by Crippen LogP contribution is 2.36. The van der Waals surface area contributed by atoms with Gasteiger partial charge in [0.05, 0.1) is 12.7 Å². The van der Waals surface area contributed by atoms with Crippen molar-refractivity contribution in [2.24, 2.45) is 7.05 Å². The molecule has 0 aliphatic heterocycles. The van der Waals surface area contributed by atoms with E-state index < -0.39 is 0 Å². The molecule has 90 valence electrons. The van der Waals surface area contributed by atoms with Crippen LogP contribution in [0.5, 0.6) is 0 Å². The zero-order chi connectivity index (χ0) is 12.0. The SMILES string of the molecule is C[NH2+][C@@H]1CCCc2c1n(C)c1ccc(Cl)cc21. The number of hydrogen-bond donors (Lipinski definition) is 1. The molecular formula is C14H18ClN2+. The summed E-state index contributed by atoms with van der Waals surface area (Å²) in [6.07, 6.45) is 3.76. The van der Waals surface area contributed by atoms with E-state index >= 15 is 0 Å². The van der Waals surface area contributed by atoms with Crippen molar-refractivity contribution < 1.29 is 5.32 Å². The third-order valence-corrected chi connectivity index (χ3v) is 4.25. The summed E-state index contributed by atoms with van der Waals surface area (Å²) in [6, 6.07) is 6.85. The van der Waals surface area contributed by atoms with E-state index in [1.807, 2.05) is 6.07 Å². The van der Waals surface area contributed by atoms with E-state index in [9.17, 15) is 0 Å². The van der Waals surface area contributed by atoms with Crippen LogP contribution in [-0.4, -0.2) is 11.6 Å². The van der Waals surface area contributed by atoms with Crippen molar-refractivity contribution in [1.82, 2.24) is 4.57 Å². The first-order chi connectivity index (χ1) is 8.22. The van der Waals surface area contributed by atoms with Crippen molar-refractivity contribution >= 4 is 22.5 Å². The quantitative estimate of drug-likeness (QED) is 0.802. The molecule has 1 atom stereocenters. The molecule has 1 aliphatic rings. The van der Waals surface area contributed by atoms with Crippen molar-refractivity contribution in [2.45, 2.75) is 25.3 Å². The molecular weight excluding hydrogens is 232 g/mol. The van der Waals surface area contributed by atoms with E-state index in [0.29, 0.717) is 6.04 Å². The molecule has 0 amide bonds. The van der Waals surface area contributed by atoms with E-state index in [1.54, 1.807) is 0 Å². The molecule has 0 saturated heterocycles. The molecule has 3 rings (SSSR count). The number of halogens is 1. The molecule has 1 aliphatic carbocycles. The van der Waals surface area contributed by atoms with E-state index in [1.165, 1.54) is 41.4 Å². The average molecular weight is 250 g/mol. The predicted octanol–water partition coefficient (Wildman–Crippen LogP) is 2.40. The van der Waals surface area contributed by atoms with E-state index in [2.05, 4.69) is 36.1 Å². The van der Waals surface area contributed by atoms with Gasteiger partial charge in [0, 0.05) is 29.4 Å². The Kier molecular flexibility index (Phi) is 2.64. The zero-order valence-corrected chi connectivity index (χ0v) is 11.1. The van der Waals surface area contributed by atoms with Gasteiger partial charge in [-0.25, -0.2) is 0 Å². The number of fused-ring (bicyclic) bond motifs is 3. The van der Waals surface area contributed by atoms with Crippen LogP contribution in [0.3, 0.4) is 0 Å². The third-order valence-electron chi connectivity index (χ3n) is 4.01. The van der Waals surface area contributed by atoms with Gasteiger partial charge in [-0.3, -0.25) is 0 Å². The number of hydrogen-bond acceptors (Lipinski definition) is 0. The molecule has 1 heterocycles. The van der Waals surface area contributed by atoms with Crippen molar-refractivity contribution in [3.05, 3.63) is 34.5 Å². The Balaban J connectivity index is 2.33. The van der Waals surface area contributed by atoms with Crippen LogP contribution in [0.4, 0.5) is 0 Å². The molecule has 0 unspecified atom stereocenters. The lowest BCUT2D eigenvalue weighted by molar-refractivity contribution is -0.672. The fourth-order valence-electron chi connectivity index (χ4n) is 3.21. The van der Waals surface area contributed by atoms with Crippen LogP contribution in [-0.2, 0) is 13.5 Å². The first kappa shape index (κ1) is 11.1. The summed E-state index contributed by atoms with van der Waals surface area (Å²) in [5, 5.41) is 4.52. The van der Waals surface area contributed by atoms with Crippen LogP contribution in [0, 0.1) is 0 Å². The van der Waals surface area contributed by atoms with Crippen LogP contribution < -0.4 is 5.32 Å². The summed E-state index contributed by atoms with van der Waals surface area (Å²) in [5.41, 5.74) is 4.32. The molecule has 1 aromatic carbocycles. The Hall–Kier alpha value is -0.990. The monoisotopic (exact) mass is 249 g/mol. The summed E-state index contributed by atoms with van der Waals surface area (Å²) < 4.78 is 2.35. The largest absolute Gasteiger partial charge is 0.342 e. The molecule has 17 heavy (non-hydrogen) atoms. The van der Waals surface area contributed by atoms with Gasteiger partial charge < -0.3 is 9.88 Å². The Morgan fingerprint density at radius 3 is 3.00 bits per heavy atom. The van der Waals surface area contributed by atoms with Crippen molar-refractivity contribution in [1.29, 1.82) is 0 Å². The predicted molar refractivity (Wildman–Crippen MR) is 71.5 cm³/mol. The minimum absolute atomic E-state index is 0.606. The first-order valence-electron chi connectivity index (χ1n) is 6.28. The lowest BCUT2D eigenvalue weighted by Gasteiger charge is -2.21. The molecule has 0 bridgehead atoms. The number of nitrogens with two attached hydrogens (primary N) is 1. The second kappa shape index (κ2) is 4.04. The molecule has 2 aromatic rings. The molecule has 1 aromatic heterocycles. The summed E-state index contributed by atoms with van der Waals surface area (Å²) >= 11 is 6.12. The summed E-state index contributed by atoms with van der Waals surface area (Å²) in [4.78, 5) is 0. The third kappa shape index (κ3) is 1.59. The lowest BCUT2D eigenvalue weighted by Crippen LogP contribution is -2.81. The van der Waals surface area contributed by atoms with Gasteiger partial charge in [-0.1, -0.05) is 11.6 Å². The van der Waals surface area contributed by atoms with Gasteiger partial charge in [0.15, 0.2) is 0 Å². The zero-order valence-electron chi connectivity index (χ0n) is 10.3. The first-order valence-corrected chi connectivity index (χ1v) is 6.66. The van der Waals surface area contributed by atoms with Gasteiger partial charge >= 0.3 is 0 Å². The van der Waals surface area contributed by atoms with E-state index in [0.717, 1.165) is 5.02 Å². The highest BCUT2D eigenvalue weighted by molar-refractivity contribution is 6.31. The standard InChI is InChI=1S/C14H17ClN2/c1-16-12-5-3-4-10-11-8-9(15)6-7-13(11)17(2)14(10)12/h6-8,12,16H,3-5H2,1-2H3/p+1/t12-/m1/s1. The smallest absolute Gasteiger partial charge is 0.127 e. The topological polar surface area (TPSA) is 21.5 Å². The van der Waals surface area contributed by atoms with Crippen molar-refractivity contribution in [3.8, 4) is 0 Å². The van der Waals surface area contributed by atoms with Gasteiger partial charge in [-0.2, -0.15) is 0 Å². The Bertz CT molecular complexity index is 571. The van der Waals surface area contributed by atoms with Gasteiger partial charge in [-0.15, -0.1) is 0 Å². The van der Waals surface area contributed by atoms with Crippen LogP contribution in [0.25, 0.3) is 10.9 Å². The minimum Gasteiger partial charge on any atom is -0.342 e. The van der Waals surface area contributed by atoms with Crippen LogP contribution >= 0.6 is 11.6 Å². The number of quaternary nitrogens is 1. The molecule has 0 spiro atoms. The number of aryl methyl sites for hydroxylation is 2. The van der Waals surface area contributed by atoms with Crippen LogP contribution in [0.2, 0.25) is 5.02 Å². The van der Waals surface area contributed by atoms with Gasteiger partial charge in [0.2, 0.25) is 0 Å². The fraction of sp³-hybridized carbons (Fsp3) is 0.429. The molecule has 2 N–H and O–H groups in total. The summed E-state index contributed by atoms with van der Waals surface area (Å²) in [6.45, 7) is 0. The Morgan fingerprint density at radius 2 is 2.24 bits per heavy atom. The Morgan fingerprint density at radius 1 is 1.41 bits per heavy atom. The molecule has 0 saturated carbocycles. The van der Waals surface area contributed by atoms with Gasteiger partial charge in [-0.05, 0) is 36.6 Å². The normalized spacial score (nSPS) is 19.6. The molecule has 2 nitrogen and oxygen atoms in total. The maximum Gasteiger partial charge on any atom is 0.127 e. The van der Waals surface area contributed by atoms with Crippen LogP contribution in [0.15, 0.2) is 18.2 Å². The summed E-state index contributed by atoms with van der Waals surface area (Å²) in [7, 11) is 4.35. The maximum atomic E-state index is 6.12. The second-order valence-electron chi connectivity index (χ2n) is 4.92. The summed E-state index contributed by atoms with van der Waals surface area (Å²) in [5.74, 6) is 0. The number of rotatable bonds is 1. The Labute approximate surface area is 107 Å². The molecule has 0 fully saturated rings. The van der Waals surface area contributed by atoms with Gasteiger partial charge in [0.1, 0.15) is 6.04 Å². The maximum absolute atomic E-state index is 6.12. The minimum atomic E-state index is 0.606. The number of nitrogens with zero attached hydrogens (tertiary/aromatic N) is 1. The van der Waals surface area contributed by atoms with Gasteiger partial charge in [0.25, 0.3) is 0 Å². The highest BCUT2D eigenvalue weighted by Gasteiger charge is 2.27. The molecule has 0 radical (unpaired) electrons. The van der Waals surface area contributed by atoms with Crippen molar-refractivity contribution in [2.75, 3.05) is 7.05 Å². The average Bonchev–Trinajstić information content (AvgIpc) is 2.63. The van der Waals surface area contributed by atoms with E-state index in [4.69, 9.17) is 11.6 Å². The van der Waals surface area contributed by atoms with Crippen molar-refractivity contribution in [3.63, 3.8) is 0 Å². The lowest BCUT2D eigenvalue weighted by atomic mass is 9.92. The van der Waals surface area contributed by atoms with E-state index in [-0.39, 0.29) is 0 Å².